The number of carbonyl (C=O) groups is 1. The van der Waals surface area contributed by atoms with Crippen LogP contribution in [0.5, 0.6) is 0 Å². The normalized spacial score (nSPS) is 20.4. The third kappa shape index (κ3) is 4.98. The zero-order chi connectivity index (χ0) is 20.1. The minimum atomic E-state index is -3.61. The van der Waals surface area contributed by atoms with Gasteiger partial charge in [0.25, 0.3) is 0 Å². The summed E-state index contributed by atoms with van der Waals surface area (Å²) in [5.74, 6) is -0.560. The fourth-order valence-electron chi connectivity index (χ4n) is 3.38. The van der Waals surface area contributed by atoms with E-state index in [9.17, 15) is 13.2 Å². The lowest BCUT2D eigenvalue weighted by molar-refractivity contribution is -0.145. The van der Waals surface area contributed by atoms with Crippen LogP contribution in [0.1, 0.15) is 16.7 Å². The molecule has 6 nitrogen and oxygen atoms in total. The highest BCUT2D eigenvalue weighted by atomic mass is 32.2. The molecule has 1 heterocycles. The number of methoxy groups -OCH3 is 1. The van der Waals surface area contributed by atoms with Crippen molar-refractivity contribution >= 4 is 16.0 Å². The van der Waals surface area contributed by atoms with Gasteiger partial charge in [0.15, 0.2) is 0 Å². The number of ether oxygens (including phenoxy) is 1. The summed E-state index contributed by atoms with van der Waals surface area (Å²) in [6.07, 6.45) is 0. The molecule has 1 aliphatic rings. The fourth-order valence-corrected chi connectivity index (χ4v) is 4.99. The van der Waals surface area contributed by atoms with Gasteiger partial charge in [-0.2, -0.15) is 4.31 Å². The van der Waals surface area contributed by atoms with Gasteiger partial charge in [-0.1, -0.05) is 60.2 Å². The Hall–Kier alpha value is -2.22. The van der Waals surface area contributed by atoms with Crippen LogP contribution >= 0.6 is 0 Å². The van der Waals surface area contributed by atoms with E-state index >= 15 is 0 Å². The lowest BCUT2D eigenvalue weighted by Gasteiger charge is -2.28. The van der Waals surface area contributed by atoms with Crippen molar-refractivity contribution < 1.29 is 17.9 Å². The molecule has 1 fully saturated rings. The SMILES string of the molecule is COC(=O)C1CN(Cc2ccccc2)CCS(=O)(=O)N1Cc1ccc(C)cc1. The number of hydrogen-bond donors (Lipinski definition) is 0. The van der Waals surface area contributed by atoms with Crippen molar-refractivity contribution in [2.24, 2.45) is 0 Å². The lowest BCUT2D eigenvalue weighted by atomic mass is 10.1. The summed E-state index contributed by atoms with van der Waals surface area (Å²) in [6, 6.07) is 16.6. The third-order valence-corrected chi connectivity index (χ3v) is 6.78. The molecule has 1 unspecified atom stereocenters. The molecule has 0 amide bonds. The van der Waals surface area contributed by atoms with Gasteiger partial charge in [-0.25, -0.2) is 8.42 Å². The summed E-state index contributed by atoms with van der Waals surface area (Å²) in [5.41, 5.74) is 3.02. The van der Waals surface area contributed by atoms with Gasteiger partial charge in [0.2, 0.25) is 10.0 Å². The average molecular weight is 403 g/mol. The maximum absolute atomic E-state index is 13.0. The topological polar surface area (TPSA) is 66.9 Å². The summed E-state index contributed by atoms with van der Waals surface area (Å²) < 4.78 is 32.2. The second-order valence-electron chi connectivity index (χ2n) is 7.11. The Bertz CT molecular complexity index is 898. The monoisotopic (exact) mass is 402 g/mol. The molecule has 28 heavy (non-hydrogen) atoms. The van der Waals surface area contributed by atoms with E-state index in [0.29, 0.717) is 19.6 Å². The van der Waals surface area contributed by atoms with Gasteiger partial charge in [-0.15, -0.1) is 0 Å². The van der Waals surface area contributed by atoms with Crippen molar-refractivity contribution in [1.82, 2.24) is 9.21 Å². The molecule has 0 aromatic heterocycles. The largest absolute Gasteiger partial charge is 0.468 e. The maximum Gasteiger partial charge on any atom is 0.325 e. The molecule has 0 radical (unpaired) electrons. The highest BCUT2D eigenvalue weighted by Crippen LogP contribution is 2.21. The molecule has 1 atom stereocenters. The Kier molecular flexibility index (Phi) is 6.49. The van der Waals surface area contributed by atoms with E-state index in [1.165, 1.54) is 11.4 Å². The first-order valence-electron chi connectivity index (χ1n) is 9.28. The van der Waals surface area contributed by atoms with Crippen LogP contribution in [-0.2, 0) is 32.6 Å². The number of hydrogen-bond acceptors (Lipinski definition) is 5. The quantitative estimate of drug-likeness (QED) is 0.717. The van der Waals surface area contributed by atoms with Gasteiger partial charge in [0.05, 0.1) is 12.9 Å². The van der Waals surface area contributed by atoms with Gasteiger partial charge in [-0.05, 0) is 18.1 Å². The van der Waals surface area contributed by atoms with Crippen molar-refractivity contribution in [3.63, 3.8) is 0 Å². The minimum absolute atomic E-state index is 0.0286. The predicted molar refractivity (Wildman–Crippen MR) is 108 cm³/mol. The average Bonchev–Trinajstić information content (AvgIpc) is 2.81. The summed E-state index contributed by atoms with van der Waals surface area (Å²) in [5, 5.41) is 0. The summed E-state index contributed by atoms with van der Waals surface area (Å²) in [7, 11) is -2.31. The Morgan fingerprint density at radius 2 is 1.68 bits per heavy atom. The number of esters is 1. The van der Waals surface area contributed by atoms with Gasteiger partial charge < -0.3 is 4.74 Å². The van der Waals surface area contributed by atoms with Gasteiger partial charge in [0, 0.05) is 26.2 Å². The Labute approximate surface area is 166 Å². The van der Waals surface area contributed by atoms with Crippen molar-refractivity contribution in [2.75, 3.05) is 26.0 Å². The van der Waals surface area contributed by atoms with Crippen molar-refractivity contribution in [2.45, 2.75) is 26.1 Å². The van der Waals surface area contributed by atoms with Crippen LogP contribution in [0.25, 0.3) is 0 Å². The first kappa shape index (κ1) is 20.5. The number of benzene rings is 2. The summed E-state index contributed by atoms with van der Waals surface area (Å²) >= 11 is 0. The van der Waals surface area contributed by atoms with Crippen LogP contribution in [-0.4, -0.2) is 55.6 Å². The molecule has 0 aliphatic carbocycles. The van der Waals surface area contributed by atoms with Gasteiger partial charge in [0.1, 0.15) is 6.04 Å². The number of carbonyl (C=O) groups excluding carboxylic acids is 1. The van der Waals surface area contributed by atoms with Crippen LogP contribution in [0.3, 0.4) is 0 Å². The first-order chi connectivity index (χ1) is 13.4. The maximum atomic E-state index is 13.0. The minimum Gasteiger partial charge on any atom is -0.468 e. The number of aryl methyl sites for hydroxylation is 1. The predicted octanol–water partition coefficient (Wildman–Crippen LogP) is 2.18. The van der Waals surface area contributed by atoms with Crippen LogP contribution in [0.4, 0.5) is 0 Å². The third-order valence-electron chi connectivity index (χ3n) is 4.98. The molecule has 0 bridgehead atoms. The van der Waals surface area contributed by atoms with Crippen LogP contribution in [0, 0.1) is 6.92 Å². The second kappa shape index (κ2) is 8.86. The molecule has 0 spiro atoms. The van der Waals surface area contributed by atoms with Crippen LogP contribution < -0.4 is 0 Å². The molecule has 7 heteroatoms. The Morgan fingerprint density at radius 1 is 1.04 bits per heavy atom. The van der Waals surface area contributed by atoms with Gasteiger partial charge >= 0.3 is 5.97 Å². The smallest absolute Gasteiger partial charge is 0.325 e. The van der Waals surface area contributed by atoms with Crippen molar-refractivity contribution in [3.05, 3.63) is 71.3 Å². The van der Waals surface area contributed by atoms with Gasteiger partial charge in [-0.3, -0.25) is 9.69 Å². The van der Waals surface area contributed by atoms with E-state index < -0.39 is 22.0 Å². The van der Waals surface area contributed by atoms with E-state index in [2.05, 4.69) is 0 Å². The van der Waals surface area contributed by atoms with Crippen LogP contribution in [0.2, 0.25) is 0 Å². The summed E-state index contributed by atoms with van der Waals surface area (Å²) in [6.45, 7) is 3.39. The first-order valence-corrected chi connectivity index (χ1v) is 10.9. The Balaban J connectivity index is 1.87. The Morgan fingerprint density at radius 3 is 2.32 bits per heavy atom. The zero-order valence-corrected chi connectivity index (χ0v) is 17.1. The second-order valence-corrected chi connectivity index (χ2v) is 9.15. The highest BCUT2D eigenvalue weighted by molar-refractivity contribution is 7.89. The van der Waals surface area contributed by atoms with E-state index in [1.807, 2.05) is 66.4 Å². The number of sulfonamides is 1. The van der Waals surface area contributed by atoms with Crippen molar-refractivity contribution in [1.29, 1.82) is 0 Å². The van der Waals surface area contributed by atoms with Crippen molar-refractivity contribution in [3.8, 4) is 0 Å². The zero-order valence-electron chi connectivity index (χ0n) is 16.2. The molecule has 2 aromatic carbocycles. The fraction of sp³-hybridized carbons (Fsp3) is 0.381. The lowest BCUT2D eigenvalue weighted by Crippen LogP contribution is -2.48. The molecule has 150 valence electrons. The summed E-state index contributed by atoms with van der Waals surface area (Å²) in [4.78, 5) is 14.5. The molecule has 3 rings (SSSR count). The van der Waals surface area contributed by atoms with Crippen LogP contribution in [0.15, 0.2) is 54.6 Å². The molecule has 0 N–H and O–H groups in total. The van der Waals surface area contributed by atoms with E-state index in [1.54, 1.807) is 0 Å². The van der Waals surface area contributed by atoms with E-state index in [-0.39, 0.29) is 12.3 Å². The number of nitrogens with zero attached hydrogens (tertiary/aromatic N) is 2. The molecule has 1 aliphatic heterocycles. The van der Waals surface area contributed by atoms with E-state index in [4.69, 9.17) is 4.74 Å². The van der Waals surface area contributed by atoms with E-state index in [0.717, 1.165) is 16.7 Å². The molecule has 2 aromatic rings. The molecular weight excluding hydrogens is 376 g/mol. The standard InChI is InChI=1S/C21H26N2O4S/c1-17-8-10-19(11-9-17)15-23-20(21(24)27-2)16-22(12-13-28(23,25)26)14-18-6-4-3-5-7-18/h3-11,20H,12-16H2,1-2H3. The molecule has 0 saturated carbocycles. The molecule has 1 saturated heterocycles. The molecular formula is C21H26N2O4S. The number of rotatable bonds is 5. The highest BCUT2D eigenvalue weighted by Gasteiger charge is 2.39.